The van der Waals surface area contributed by atoms with Crippen LogP contribution in [0.1, 0.15) is 18.1 Å². The van der Waals surface area contributed by atoms with E-state index in [0.29, 0.717) is 17.0 Å². The fourth-order valence-corrected chi connectivity index (χ4v) is 2.13. The molecule has 2 rings (SSSR count). The third-order valence-electron chi connectivity index (χ3n) is 3.36. The first-order valence-electron chi connectivity index (χ1n) is 7.58. The highest BCUT2D eigenvalue weighted by molar-refractivity contribution is 6.02. The molecule has 0 aliphatic carbocycles. The van der Waals surface area contributed by atoms with Gasteiger partial charge in [-0.2, -0.15) is 10.4 Å². The molecule has 3 N–H and O–H groups in total. The molecule has 0 spiro atoms. The van der Waals surface area contributed by atoms with Crippen LogP contribution in [0.5, 0.6) is 0 Å². The molecule has 0 saturated carbocycles. The maximum Gasteiger partial charge on any atom is 0.332 e. The van der Waals surface area contributed by atoms with Crippen molar-refractivity contribution in [2.45, 2.75) is 6.92 Å². The van der Waals surface area contributed by atoms with Crippen molar-refractivity contribution in [2.24, 2.45) is 10.8 Å². The maximum atomic E-state index is 10.9. The number of nitrogens with zero attached hydrogens (tertiary/aromatic N) is 2. The van der Waals surface area contributed by atoms with Crippen molar-refractivity contribution in [1.82, 2.24) is 5.43 Å². The Kier molecular flexibility index (Phi) is 6.32. The smallest absolute Gasteiger partial charge is 0.332 e. The van der Waals surface area contributed by atoms with Crippen LogP contribution in [0, 0.1) is 11.3 Å². The van der Waals surface area contributed by atoms with Gasteiger partial charge < -0.3 is 10.5 Å². The van der Waals surface area contributed by atoms with E-state index in [1.54, 1.807) is 6.92 Å². The van der Waals surface area contributed by atoms with Crippen molar-refractivity contribution < 1.29 is 9.53 Å². The number of carbonyl (C=O) groups excluding carboxylic acids is 1. The number of benzene rings is 2. The van der Waals surface area contributed by atoms with Gasteiger partial charge in [0.2, 0.25) is 0 Å². The molecular weight excluding hydrogens is 316 g/mol. The first-order valence-corrected chi connectivity index (χ1v) is 7.58. The Bertz CT molecular complexity index is 822. The van der Waals surface area contributed by atoms with Gasteiger partial charge in [0.1, 0.15) is 24.1 Å². The van der Waals surface area contributed by atoms with Crippen LogP contribution in [0.4, 0.5) is 4.79 Å². The second-order valence-electron chi connectivity index (χ2n) is 5.10. The van der Waals surface area contributed by atoms with Gasteiger partial charge in [0, 0.05) is 5.56 Å². The molecule has 2 aromatic rings. The van der Waals surface area contributed by atoms with E-state index in [0.717, 1.165) is 11.1 Å². The molecule has 0 aromatic heterocycles. The Morgan fingerprint density at radius 1 is 1.12 bits per heavy atom. The first-order chi connectivity index (χ1) is 12.1. The second kappa shape index (κ2) is 8.89. The highest BCUT2D eigenvalue weighted by Gasteiger charge is 2.10. The van der Waals surface area contributed by atoms with Crippen molar-refractivity contribution >= 4 is 17.3 Å². The number of ether oxygens (including phenoxy) is 1. The summed E-state index contributed by atoms with van der Waals surface area (Å²) in [4.78, 5) is 10.9. The zero-order valence-electron chi connectivity index (χ0n) is 13.8. The number of urea groups is 1. The van der Waals surface area contributed by atoms with Gasteiger partial charge in [-0.15, -0.1) is 0 Å². The zero-order chi connectivity index (χ0) is 18.1. The highest BCUT2D eigenvalue weighted by atomic mass is 16.5. The summed E-state index contributed by atoms with van der Waals surface area (Å²) >= 11 is 0. The Balaban J connectivity index is 2.22. The van der Waals surface area contributed by atoms with E-state index in [9.17, 15) is 10.1 Å². The molecule has 0 saturated heterocycles. The van der Waals surface area contributed by atoms with Crippen molar-refractivity contribution in [3.63, 3.8) is 0 Å². The molecule has 0 aliphatic rings. The Morgan fingerprint density at radius 3 is 2.20 bits per heavy atom. The SMILES string of the molecule is CC(OC/C(=N\NC(N)=O)c1ccccc1)=C(C#N)c1ccccc1. The minimum absolute atomic E-state index is 0.0775. The fraction of sp³-hybridized carbons (Fsp3) is 0.105. The summed E-state index contributed by atoms with van der Waals surface area (Å²) in [6.45, 7) is 1.80. The van der Waals surface area contributed by atoms with E-state index in [1.165, 1.54) is 0 Å². The normalized spacial score (nSPS) is 11.9. The molecule has 0 fully saturated rings. The number of allylic oxidation sites excluding steroid dienone is 2. The predicted molar refractivity (Wildman–Crippen MR) is 96.3 cm³/mol. The van der Waals surface area contributed by atoms with Crippen LogP contribution in [0.3, 0.4) is 0 Å². The van der Waals surface area contributed by atoms with Gasteiger partial charge in [0.05, 0.1) is 5.57 Å². The van der Waals surface area contributed by atoms with Crippen LogP contribution < -0.4 is 11.2 Å². The van der Waals surface area contributed by atoms with Crippen molar-refractivity contribution in [1.29, 1.82) is 5.26 Å². The summed E-state index contributed by atoms with van der Waals surface area (Å²) in [5.74, 6) is 0.469. The minimum atomic E-state index is -0.761. The number of hydrazone groups is 1. The standard InChI is InChI=1S/C19H18N4O2/c1-14(17(12-20)15-8-4-2-5-9-15)25-13-18(22-23-19(21)24)16-10-6-3-7-11-16/h2-11H,13H2,1H3,(H3,21,23,24)/b17-14?,22-18+. The number of amides is 2. The van der Waals surface area contributed by atoms with Crippen LogP contribution in [0.2, 0.25) is 0 Å². The lowest BCUT2D eigenvalue weighted by molar-refractivity contribution is 0.248. The molecule has 6 nitrogen and oxygen atoms in total. The molecule has 0 bridgehead atoms. The van der Waals surface area contributed by atoms with Crippen LogP contribution >= 0.6 is 0 Å². The average molecular weight is 334 g/mol. The van der Waals surface area contributed by atoms with E-state index in [2.05, 4.69) is 16.6 Å². The van der Waals surface area contributed by atoms with Crippen LogP contribution in [0.15, 0.2) is 71.5 Å². The monoisotopic (exact) mass is 334 g/mol. The van der Waals surface area contributed by atoms with Crippen LogP contribution in [-0.2, 0) is 4.74 Å². The van der Waals surface area contributed by atoms with Gasteiger partial charge in [-0.05, 0) is 12.5 Å². The zero-order valence-corrected chi connectivity index (χ0v) is 13.8. The topological polar surface area (TPSA) is 100 Å². The molecule has 2 amide bonds. The van der Waals surface area contributed by atoms with E-state index >= 15 is 0 Å². The molecule has 0 heterocycles. The van der Waals surface area contributed by atoms with Crippen LogP contribution in [0.25, 0.3) is 5.57 Å². The molecule has 25 heavy (non-hydrogen) atoms. The van der Waals surface area contributed by atoms with Gasteiger partial charge in [-0.25, -0.2) is 10.2 Å². The van der Waals surface area contributed by atoms with Crippen molar-refractivity contribution in [3.05, 3.63) is 77.5 Å². The minimum Gasteiger partial charge on any atom is -0.490 e. The van der Waals surface area contributed by atoms with Gasteiger partial charge in [-0.1, -0.05) is 60.7 Å². The molecule has 6 heteroatoms. The van der Waals surface area contributed by atoms with Gasteiger partial charge in [-0.3, -0.25) is 0 Å². The average Bonchev–Trinajstić information content (AvgIpc) is 2.64. The number of nitriles is 1. The molecule has 2 aromatic carbocycles. The van der Waals surface area contributed by atoms with E-state index in [-0.39, 0.29) is 6.61 Å². The molecular formula is C19H18N4O2. The number of carbonyl (C=O) groups is 1. The predicted octanol–water partition coefficient (Wildman–Crippen LogP) is 3.03. The summed E-state index contributed by atoms with van der Waals surface area (Å²) in [5.41, 5.74) is 9.76. The quantitative estimate of drug-likeness (QED) is 0.367. The van der Waals surface area contributed by atoms with E-state index < -0.39 is 6.03 Å². The number of rotatable bonds is 6. The molecule has 0 radical (unpaired) electrons. The summed E-state index contributed by atoms with van der Waals surface area (Å²) in [6.07, 6.45) is 0. The molecule has 0 aliphatic heterocycles. The molecule has 126 valence electrons. The van der Waals surface area contributed by atoms with Crippen molar-refractivity contribution in [3.8, 4) is 6.07 Å². The van der Waals surface area contributed by atoms with Gasteiger partial charge in [0.25, 0.3) is 0 Å². The van der Waals surface area contributed by atoms with Crippen LogP contribution in [-0.4, -0.2) is 18.3 Å². The van der Waals surface area contributed by atoms with Gasteiger partial charge in [0.15, 0.2) is 0 Å². The lowest BCUT2D eigenvalue weighted by Crippen LogP contribution is -2.27. The maximum absolute atomic E-state index is 10.9. The summed E-state index contributed by atoms with van der Waals surface area (Å²) in [5, 5.41) is 13.4. The molecule has 0 unspecified atom stereocenters. The largest absolute Gasteiger partial charge is 0.490 e. The highest BCUT2D eigenvalue weighted by Crippen LogP contribution is 2.18. The second-order valence-corrected chi connectivity index (χ2v) is 5.10. The summed E-state index contributed by atoms with van der Waals surface area (Å²) in [6, 6.07) is 19.9. The number of hydrogen-bond donors (Lipinski definition) is 2. The third kappa shape index (κ3) is 5.22. The lowest BCUT2D eigenvalue weighted by Gasteiger charge is -2.11. The first kappa shape index (κ1) is 17.8. The van der Waals surface area contributed by atoms with Crippen molar-refractivity contribution in [2.75, 3.05) is 6.61 Å². The number of nitrogens with two attached hydrogens (primary N) is 1. The lowest BCUT2D eigenvalue weighted by atomic mass is 10.1. The molecule has 0 atom stereocenters. The summed E-state index contributed by atoms with van der Waals surface area (Å²) in [7, 11) is 0. The van der Waals surface area contributed by atoms with E-state index in [4.69, 9.17) is 10.5 Å². The third-order valence-corrected chi connectivity index (χ3v) is 3.36. The summed E-state index contributed by atoms with van der Waals surface area (Å²) < 4.78 is 5.73. The number of nitrogens with one attached hydrogen (secondary N) is 1. The fourth-order valence-electron chi connectivity index (χ4n) is 2.13. The Morgan fingerprint density at radius 2 is 1.68 bits per heavy atom. The van der Waals surface area contributed by atoms with Gasteiger partial charge >= 0.3 is 6.03 Å². The Hall–Kier alpha value is -3.59. The number of primary amides is 1. The Labute approximate surface area is 146 Å². The number of hydrogen-bond acceptors (Lipinski definition) is 4. The van der Waals surface area contributed by atoms with E-state index in [1.807, 2.05) is 60.7 Å².